The molecule has 6 nitrogen and oxygen atoms in total. The summed E-state index contributed by atoms with van der Waals surface area (Å²) in [5, 5.41) is 13.5. The molecular weight excluding hydrogens is 312 g/mol. The van der Waals surface area contributed by atoms with Gasteiger partial charge in [0.15, 0.2) is 11.5 Å². The SMILES string of the molecule is Cc1cccc(C2CCCN2c2ccc3nnc(C(C)(C)C)n3n2)n1. The molecule has 1 atom stereocenters. The van der Waals surface area contributed by atoms with Gasteiger partial charge < -0.3 is 4.90 Å². The Hall–Kier alpha value is -2.50. The molecule has 0 aromatic carbocycles. The Balaban J connectivity index is 1.75. The van der Waals surface area contributed by atoms with Crippen LogP contribution in [0.3, 0.4) is 0 Å². The van der Waals surface area contributed by atoms with Gasteiger partial charge in [-0.25, -0.2) is 0 Å². The second kappa shape index (κ2) is 5.79. The molecule has 0 amide bonds. The van der Waals surface area contributed by atoms with Gasteiger partial charge in [0.2, 0.25) is 0 Å². The van der Waals surface area contributed by atoms with Crippen molar-refractivity contribution in [2.24, 2.45) is 0 Å². The minimum absolute atomic E-state index is 0.104. The number of anilines is 1. The summed E-state index contributed by atoms with van der Waals surface area (Å²) in [6.45, 7) is 9.43. The lowest BCUT2D eigenvalue weighted by molar-refractivity contribution is 0.525. The van der Waals surface area contributed by atoms with Crippen LogP contribution >= 0.6 is 0 Å². The van der Waals surface area contributed by atoms with Crippen molar-refractivity contribution in [1.82, 2.24) is 24.8 Å². The van der Waals surface area contributed by atoms with Crippen LogP contribution in [0.2, 0.25) is 0 Å². The lowest BCUT2D eigenvalue weighted by atomic mass is 9.96. The highest BCUT2D eigenvalue weighted by Crippen LogP contribution is 2.34. The molecule has 0 saturated carbocycles. The fourth-order valence-corrected chi connectivity index (χ4v) is 3.50. The Morgan fingerprint density at radius 2 is 1.92 bits per heavy atom. The highest BCUT2D eigenvalue weighted by molar-refractivity contribution is 5.48. The quantitative estimate of drug-likeness (QED) is 0.717. The van der Waals surface area contributed by atoms with E-state index >= 15 is 0 Å². The molecule has 1 aliphatic rings. The van der Waals surface area contributed by atoms with Crippen molar-refractivity contribution in [3.8, 4) is 0 Å². The number of aryl methyl sites for hydroxylation is 1. The van der Waals surface area contributed by atoms with Gasteiger partial charge in [-0.05, 0) is 44.0 Å². The summed E-state index contributed by atoms with van der Waals surface area (Å²) >= 11 is 0. The Morgan fingerprint density at radius 3 is 2.68 bits per heavy atom. The van der Waals surface area contributed by atoms with E-state index in [-0.39, 0.29) is 11.5 Å². The van der Waals surface area contributed by atoms with Crippen LogP contribution in [0.1, 0.15) is 56.9 Å². The van der Waals surface area contributed by atoms with Crippen molar-refractivity contribution in [3.05, 3.63) is 47.5 Å². The van der Waals surface area contributed by atoms with Gasteiger partial charge in [-0.15, -0.1) is 15.3 Å². The third-order valence-electron chi connectivity index (χ3n) is 4.72. The smallest absolute Gasteiger partial charge is 0.178 e. The van der Waals surface area contributed by atoms with E-state index < -0.39 is 0 Å². The van der Waals surface area contributed by atoms with E-state index in [1.165, 1.54) is 0 Å². The van der Waals surface area contributed by atoms with Gasteiger partial charge in [0.25, 0.3) is 0 Å². The average Bonchev–Trinajstić information content (AvgIpc) is 3.20. The van der Waals surface area contributed by atoms with Crippen molar-refractivity contribution < 1.29 is 0 Å². The standard InChI is InChI=1S/C19H24N6/c1-13-7-5-8-14(20-13)15-9-6-12-24(15)17-11-10-16-21-22-18(19(2,3)4)25(16)23-17/h5,7-8,10-11,15H,6,9,12H2,1-4H3. The number of aromatic nitrogens is 5. The molecule has 3 aromatic heterocycles. The molecule has 130 valence electrons. The Kier molecular flexibility index (Phi) is 3.71. The van der Waals surface area contributed by atoms with Crippen LogP contribution in [-0.4, -0.2) is 31.3 Å². The van der Waals surface area contributed by atoms with Crippen LogP contribution in [0, 0.1) is 6.92 Å². The summed E-state index contributed by atoms with van der Waals surface area (Å²) in [6.07, 6.45) is 2.25. The summed E-state index contributed by atoms with van der Waals surface area (Å²) in [5.41, 5.74) is 2.87. The van der Waals surface area contributed by atoms with E-state index in [2.05, 4.69) is 48.0 Å². The molecule has 0 bridgehead atoms. The predicted molar refractivity (Wildman–Crippen MR) is 97.8 cm³/mol. The van der Waals surface area contributed by atoms with Crippen LogP contribution in [0.15, 0.2) is 30.3 Å². The number of pyridine rings is 1. The lowest BCUT2D eigenvalue weighted by Crippen LogP contribution is -2.25. The highest BCUT2D eigenvalue weighted by atomic mass is 15.4. The van der Waals surface area contributed by atoms with Gasteiger partial charge in [-0.1, -0.05) is 26.8 Å². The molecule has 3 aromatic rings. The van der Waals surface area contributed by atoms with E-state index in [9.17, 15) is 0 Å². The molecule has 1 unspecified atom stereocenters. The zero-order valence-electron chi connectivity index (χ0n) is 15.3. The summed E-state index contributed by atoms with van der Waals surface area (Å²) in [7, 11) is 0. The van der Waals surface area contributed by atoms with Gasteiger partial charge in [-0.3, -0.25) is 4.98 Å². The van der Waals surface area contributed by atoms with Crippen LogP contribution in [0.25, 0.3) is 5.65 Å². The summed E-state index contributed by atoms with van der Waals surface area (Å²) < 4.78 is 1.88. The molecular formula is C19H24N6. The first-order valence-corrected chi connectivity index (χ1v) is 8.86. The molecule has 0 spiro atoms. The Labute approximate surface area is 147 Å². The maximum absolute atomic E-state index is 4.87. The third kappa shape index (κ3) is 2.86. The topological polar surface area (TPSA) is 59.2 Å². The fourth-order valence-electron chi connectivity index (χ4n) is 3.50. The zero-order chi connectivity index (χ0) is 17.6. The van der Waals surface area contributed by atoms with E-state index in [0.717, 1.165) is 48.1 Å². The first kappa shape index (κ1) is 16.0. The van der Waals surface area contributed by atoms with Gasteiger partial charge >= 0.3 is 0 Å². The maximum atomic E-state index is 4.87. The highest BCUT2D eigenvalue weighted by Gasteiger charge is 2.29. The van der Waals surface area contributed by atoms with Crippen LogP contribution in [-0.2, 0) is 5.41 Å². The van der Waals surface area contributed by atoms with Gasteiger partial charge in [0.05, 0.1) is 11.7 Å². The van der Waals surface area contributed by atoms with E-state index in [1.54, 1.807) is 0 Å². The van der Waals surface area contributed by atoms with Crippen molar-refractivity contribution in [2.75, 3.05) is 11.4 Å². The van der Waals surface area contributed by atoms with Crippen molar-refractivity contribution in [2.45, 2.75) is 52.0 Å². The van der Waals surface area contributed by atoms with E-state index in [0.29, 0.717) is 0 Å². The van der Waals surface area contributed by atoms with Gasteiger partial charge in [0, 0.05) is 17.7 Å². The molecule has 25 heavy (non-hydrogen) atoms. The van der Waals surface area contributed by atoms with Gasteiger partial charge in [-0.2, -0.15) is 4.52 Å². The lowest BCUT2D eigenvalue weighted by Gasteiger charge is -2.25. The number of rotatable bonds is 2. The molecule has 4 rings (SSSR count). The first-order chi connectivity index (χ1) is 11.9. The molecule has 0 N–H and O–H groups in total. The summed E-state index contributed by atoms with van der Waals surface area (Å²) in [4.78, 5) is 7.09. The molecule has 6 heteroatoms. The number of hydrogen-bond donors (Lipinski definition) is 0. The monoisotopic (exact) mass is 336 g/mol. The molecule has 1 aliphatic heterocycles. The van der Waals surface area contributed by atoms with Crippen LogP contribution in [0.5, 0.6) is 0 Å². The minimum Gasteiger partial charge on any atom is -0.347 e. The molecule has 4 heterocycles. The van der Waals surface area contributed by atoms with Gasteiger partial charge in [0.1, 0.15) is 5.82 Å². The summed E-state index contributed by atoms with van der Waals surface area (Å²) in [5.74, 6) is 1.84. The average molecular weight is 336 g/mol. The van der Waals surface area contributed by atoms with Crippen molar-refractivity contribution in [1.29, 1.82) is 0 Å². The second-order valence-corrected chi connectivity index (χ2v) is 7.79. The fraction of sp³-hybridized carbons (Fsp3) is 0.474. The van der Waals surface area contributed by atoms with Crippen LogP contribution in [0.4, 0.5) is 5.82 Å². The third-order valence-corrected chi connectivity index (χ3v) is 4.72. The molecule has 1 fully saturated rings. The number of nitrogens with zero attached hydrogens (tertiary/aromatic N) is 6. The molecule has 0 radical (unpaired) electrons. The Bertz CT molecular complexity index is 908. The zero-order valence-corrected chi connectivity index (χ0v) is 15.3. The number of fused-ring (bicyclic) bond motifs is 1. The van der Waals surface area contributed by atoms with E-state index in [4.69, 9.17) is 10.1 Å². The van der Waals surface area contributed by atoms with Crippen molar-refractivity contribution in [3.63, 3.8) is 0 Å². The molecule has 1 saturated heterocycles. The summed E-state index contributed by atoms with van der Waals surface area (Å²) in [6, 6.07) is 10.6. The first-order valence-electron chi connectivity index (χ1n) is 8.86. The maximum Gasteiger partial charge on any atom is 0.178 e. The van der Waals surface area contributed by atoms with E-state index in [1.807, 2.05) is 29.6 Å². The normalized spacial score (nSPS) is 18.2. The largest absolute Gasteiger partial charge is 0.347 e. The van der Waals surface area contributed by atoms with Crippen molar-refractivity contribution >= 4 is 11.5 Å². The number of hydrogen-bond acceptors (Lipinski definition) is 5. The van der Waals surface area contributed by atoms with Crippen LogP contribution < -0.4 is 4.90 Å². The molecule has 0 aliphatic carbocycles. The second-order valence-electron chi connectivity index (χ2n) is 7.79. The minimum atomic E-state index is -0.104. The predicted octanol–water partition coefficient (Wildman–Crippen LogP) is 3.47. The Morgan fingerprint density at radius 1 is 1.08 bits per heavy atom.